The Morgan fingerprint density at radius 3 is 2.60 bits per heavy atom. The minimum absolute atomic E-state index is 0.0796. The summed E-state index contributed by atoms with van der Waals surface area (Å²) in [4.78, 5) is 12.7. The van der Waals surface area contributed by atoms with E-state index >= 15 is 0 Å². The minimum atomic E-state index is -3.84. The largest absolute Gasteiger partial charge is 0.454 e. The third-order valence-corrected chi connectivity index (χ3v) is 6.90. The van der Waals surface area contributed by atoms with Crippen molar-refractivity contribution in [3.05, 3.63) is 65.5 Å². The lowest BCUT2D eigenvalue weighted by atomic mass is 10.2. The maximum Gasteiger partial charge on any atom is 0.324 e. The van der Waals surface area contributed by atoms with Crippen molar-refractivity contribution in [2.24, 2.45) is 0 Å². The summed E-state index contributed by atoms with van der Waals surface area (Å²) in [7, 11) is -3.84. The third kappa shape index (κ3) is 4.23. The maximum atomic E-state index is 12.9. The Hall–Kier alpha value is -2.75. The number of halogens is 1. The predicted molar refractivity (Wildman–Crippen MR) is 108 cm³/mol. The molecular formula is C20H18ClN3O5S. The molecule has 0 N–H and O–H groups in total. The number of nitrogens with zero attached hydrogens (tertiary/aromatic N) is 3. The number of sulfonamides is 1. The van der Waals surface area contributed by atoms with Gasteiger partial charge in [0.25, 0.3) is 5.89 Å². The molecule has 0 unspecified atom stereocenters. The Morgan fingerprint density at radius 1 is 1.13 bits per heavy atom. The zero-order valence-electron chi connectivity index (χ0n) is 15.8. The fourth-order valence-corrected chi connectivity index (χ4v) is 5.02. The first-order chi connectivity index (χ1) is 14.4. The van der Waals surface area contributed by atoms with Gasteiger partial charge in [-0.15, -0.1) is 10.2 Å². The van der Waals surface area contributed by atoms with Crippen LogP contribution < -0.4 is 0 Å². The van der Waals surface area contributed by atoms with Crippen molar-refractivity contribution < 1.29 is 22.4 Å². The molecule has 10 heteroatoms. The summed E-state index contributed by atoms with van der Waals surface area (Å²) in [6.45, 7) is 0.00738. The lowest BCUT2D eigenvalue weighted by Gasteiger charge is -2.22. The Bertz CT molecular complexity index is 1130. The number of esters is 1. The zero-order chi connectivity index (χ0) is 21.1. The van der Waals surface area contributed by atoms with E-state index in [0.717, 1.165) is 5.56 Å². The highest BCUT2D eigenvalue weighted by Gasteiger charge is 2.40. The number of rotatable bonds is 6. The number of hydrogen-bond acceptors (Lipinski definition) is 7. The first-order valence-electron chi connectivity index (χ1n) is 9.27. The van der Waals surface area contributed by atoms with E-state index in [-0.39, 0.29) is 23.9 Å². The molecule has 0 saturated carbocycles. The van der Waals surface area contributed by atoms with Crippen LogP contribution in [0.4, 0.5) is 0 Å². The van der Waals surface area contributed by atoms with Crippen LogP contribution in [0.25, 0.3) is 11.5 Å². The van der Waals surface area contributed by atoms with Crippen LogP contribution in [-0.2, 0) is 26.2 Å². The molecule has 1 aliphatic heterocycles. The summed E-state index contributed by atoms with van der Waals surface area (Å²) in [5.74, 6) is -0.203. The van der Waals surface area contributed by atoms with E-state index in [2.05, 4.69) is 10.2 Å². The lowest BCUT2D eigenvalue weighted by molar-refractivity contribution is -0.149. The standard InChI is InChI=1S/C20H18ClN3O5S/c21-15-8-10-16(11-9-15)30(26,27)24-12-4-7-17(24)20(25)28-13-18-22-23-19(29-18)14-5-2-1-3-6-14/h1-3,5-6,8-11,17H,4,7,12-13H2/t17-/m1/s1. The van der Waals surface area contributed by atoms with Gasteiger partial charge in [0.15, 0.2) is 6.61 Å². The van der Waals surface area contributed by atoms with Crippen LogP contribution in [0.3, 0.4) is 0 Å². The molecule has 4 rings (SSSR count). The summed E-state index contributed by atoms with van der Waals surface area (Å²) in [5.41, 5.74) is 0.749. The molecule has 8 nitrogen and oxygen atoms in total. The summed E-state index contributed by atoms with van der Waals surface area (Å²) >= 11 is 5.84. The van der Waals surface area contributed by atoms with Gasteiger partial charge in [-0.05, 0) is 49.2 Å². The van der Waals surface area contributed by atoms with E-state index < -0.39 is 22.0 Å². The predicted octanol–water partition coefficient (Wildman–Crippen LogP) is 3.29. The van der Waals surface area contributed by atoms with Crippen molar-refractivity contribution >= 4 is 27.6 Å². The Morgan fingerprint density at radius 2 is 1.87 bits per heavy atom. The number of benzene rings is 2. The monoisotopic (exact) mass is 447 g/mol. The van der Waals surface area contributed by atoms with Gasteiger partial charge in [0.2, 0.25) is 15.9 Å². The summed E-state index contributed by atoms with van der Waals surface area (Å²) in [6, 6.07) is 14.1. The number of carbonyl (C=O) groups excluding carboxylic acids is 1. The molecule has 1 saturated heterocycles. The Balaban J connectivity index is 1.43. The van der Waals surface area contributed by atoms with Crippen molar-refractivity contribution in [2.45, 2.75) is 30.4 Å². The summed E-state index contributed by atoms with van der Waals surface area (Å²) < 4.78 is 37.8. The fourth-order valence-electron chi connectivity index (χ4n) is 3.24. The average molecular weight is 448 g/mol. The molecule has 30 heavy (non-hydrogen) atoms. The van der Waals surface area contributed by atoms with E-state index in [9.17, 15) is 13.2 Å². The van der Waals surface area contributed by atoms with Crippen molar-refractivity contribution in [1.82, 2.24) is 14.5 Å². The Labute approximate surface area is 178 Å². The van der Waals surface area contributed by atoms with Crippen LogP contribution in [0.5, 0.6) is 0 Å². The molecule has 0 aliphatic carbocycles. The van der Waals surface area contributed by atoms with Crippen LogP contribution in [0.2, 0.25) is 5.02 Å². The third-order valence-electron chi connectivity index (χ3n) is 4.72. The Kier molecular flexibility index (Phi) is 5.85. The van der Waals surface area contributed by atoms with Crippen molar-refractivity contribution in [3.8, 4) is 11.5 Å². The van der Waals surface area contributed by atoms with Crippen LogP contribution >= 0.6 is 11.6 Å². The van der Waals surface area contributed by atoms with Crippen LogP contribution in [0.15, 0.2) is 63.9 Å². The first-order valence-corrected chi connectivity index (χ1v) is 11.1. The number of aromatic nitrogens is 2. The van der Waals surface area contributed by atoms with E-state index in [1.807, 2.05) is 30.3 Å². The van der Waals surface area contributed by atoms with Crippen molar-refractivity contribution in [3.63, 3.8) is 0 Å². The van der Waals surface area contributed by atoms with Gasteiger partial charge in [-0.3, -0.25) is 4.79 Å². The van der Waals surface area contributed by atoms with Gasteiger partial charge in [0.1, 0.15) is 6.04 Å². The van der Waals surface area contributed by atoms with Gasteiger partial charge in [-0.2, -0.15) is 4.31 Å². The molecule has 0 amide bonds. The molecule has 156 valence electrons. The molecular weight excluding hydrogens is 430 g/mol. The first kappa shape index (κ1) is 20.5. The highest BCUT2D eigenvalue weighted by Crippen LogP contribution is 2.28. The van der Waals surface area contributed by atoms with Crippen LogP contribution in [0.1, 0.15) is 18.7 Å². The molecule has 2 heterocycles. The van der Waals surface area contributed by atoms with E-state index in [1.54, 1.807) is 0 Å². The smallest absolute Gasteiger partial charge is 0.324 e. The minimum Gasteiger partial charge on any atom is -0.454 e. The second kappa shape index (κ2) is 8.55. The van der Waals surface area contributed by atoms with Crippen molar-refractivity contribution in [2.75, 3.05) is 6.54 Å². The second-order valence-electron chi connectivity index (χ2n) is 6.70. The van der Waals surface area contributed by atoms with Gasteiger partial charge < -0.3 is 9.15 Å². The highest BCUT2D eigenvalue weighted by molar-refractivity contribution is 7.89. The molecule has 1 fully saturated rings. The fraction of sp³-hybridized carbons (Fsp3) is 0.250. The van der Waals surface area contributed by atoms with Gasteiger partial charge in [-0.25, -0.2) is 8.42 Å². The molecule has 0 radical (unpaired) electrons. The summed E-state index contributed by atoms with van der Waals surface area (Å²) in [6.07, 6.45) is 0.941. The molecule has 0 bridgehead atoms. The van der Waals surface area contributed by atoms with Crippen molar-refractivity contribution in [1.29, 1.82) is 0 Å². The number of carbonyl (C=O) groups is 1. The normalized spacial score (nSPS) is 17.2. The van der Waals surface area contributed by atoms with Crippen LogP contribution in [-0.4, -0.2) is 41.5 Å². The second-order valence-corrected chi connectivity index (χ2v) is 9.03. The maximum absolute atomic E-state index is 12.9. The molecule has 1 aromatic heterocycles. The number of hydrogen-bond donors (Lipinski definition) is 0. The lowest BCUT2D eigenvalue weighted by Crippen LogP contribution is -2.41. The van der Waals surface area contributed by atoms with Gasteiger partial charge in [-0.1, -0.05) is 29.8 Å². The SMILES string of the molecule is O=C(OCc1nnc(-c2ccccc2)o1)[C@H]1CCCN1S(=O)(=O)c1ccc(Cl)cc1. The summed E-state index contributed by atoms with van der Waals surface area (Å²) in [5, 5.41) is 8.25. The molecule has 2 aromatic carbocycles. The molecule has 1 aliphatic rings. The highest BCUT2D eigenvalue weighted by atomic mass is 35.5. The van der Waals surface area contributed by atoms with Gasteiger partial charge in [0, 0.05) is 17.1 Å². The molecule has 3 aromatic rings. The quantitative estimate of drug-likeness (QED) is 0.534. The number of ether oxygens (including phenoxy) is 1. The molecule has 0 spiro atoms. The van der Waals surface area contributed by atoms with E-state index in [4.69, 9.17) is 20.8 Å². The molecule has 1 atom stereocenters. The average Bonchev–Trinajstić information content (AvgIpc) is 3.43. The van der Waals surface area contributed by atoms with E-state index in [1.165, 1.54) is 28.6 Å². The van der Waals surface area contributed by atoms with E-state index in [0.29, 0.717) is 23.8 Å². The zero-order valence-corrected chi connectivity index (χ0v) is 17.3. The van der Waals surface area contributed by atoms with Gasteiger partial charge >= 0.3 is 5.97 Å². The van der Waals surface area contributed by atoms with Crippen LogP contribution in [0, 0.1) is 0 Å². The van der Waals surface area contributed by atoms with Gasteiger partial charge in [0.05, 0.1) is 4.90 Å². The topological polar surface area (TPSA) is 103 Å².